The van der Waals surface area contributed by atoms with Crippen molar-refractivity contribution in [3.63, 3.8) is 0 Å². The molecule has 0 bridgehead atoms. The lowest BCUT2D eigenvalue weighted by Gasteiger charge is -2.23. The molecule has 1 aromatic heterocycles. The van der Waals surface area contributed by atoms with Gasteiger partial charge in [0.15, 0.2) is 5.96 Å². The quantitative estimate of drug-likeness (QED) is 0.0647. The third kappa shape index (κ3) is 11.0. The molecule has 4 unspecified atom stereocenters. The molecule has 1 rings (SSSR count). The van der Waals surface area contributed by atoms with Gasteiger partial charge in [0.25, 0.3) is 0 Å². The molecule has 0 radical (unpaired) electrons. The number of carbonyl (C=O) groups excluding carboxylic acids is 3. The highest BCUT2D eigenvalue weighted by Crippen LogP contribution is 2.03. The number of guanidine groups is 1. The number of aromatic nitrogens is 2. The van der Waals surface area contributed by atoms with E-state index in [9.17, 15) is 29.1 Å². The number of amides is 3. The van der Waals surface area contributed by atoms with E-state index < -0.39 is 60.2 Å². The van der Waals surface area contributed by atoms with Gasteiger partial charge < -0.3 is 48.3 Å². The van der Waals surface area contributed by atoms with Gasteiger partial charge in [-0.25, -0.2) is 9.78 Å². The molecule has 0 aliphatic heterocycles. The molecule has 0 aromatic carbocycles. The molecule has 4 atom stereocenters. The van der Waals surface area contributed by atoms with Gasteiger partial charge in [-0.2, -0.15) is 0 Å². The standard InChI is InChI=1S/C19H31N9O7/c1-9(15(31)28-13(18(34)35)5-10-7-23-8-25-10)26-17(33)12(3-2-4-24-19(21)22)27-16(32)11(20)6-14(29)30/h7-9,11-13H,2-6,20H2,1H3,(H,23,25)(H,26,33)(H,27,32)(H,28,31)(H,29,30)(H,34,35)(H4,21,22,24). The Morgan fingerprint density at radius 2 is 1.71 bits per heavy atom. The second-order valence-electron chi connectivity index (χ2n) is 7.63. The first-order chi connectivity index (χ1) is 16.4. The Balaban J connectivity index is 2.81. The average molecular weight is 498 g/mol. The van der Waals surface area contributed by atoms with Crippen LogP contribution in [-0.2, 0) is 30.4 Å². The van der Waals surface area contributed by atoms with Gasteiger partial charge in [0.05, 0.1) is 18.8 Å². The van der Waals surface area contributed by atoms with Crippen LogP contribution in [0.2, 0.25) is 0 Å². The van der Waals surface area contributed by atoms with Crippen LogP contribution in [0.1, 0.15) is 31.9 Å². The van der Waals surface area contributed by atoms with Gasteiger partial charge in [-0.05, 0) is 19.8 Å². The summed E-state index contributed by atoms with van der Waals surface area (Å²) in [5.74, 6) is -5.17. The van der Waals surface area contributed by atoms with E-state index in [0.717, 1.165) is 0 Å². The molecule has 0 saturated heterocycles. The number of nitrogens with one attached hydrogen (secondary N) is 4. The lowest BCUT2D eigenvalue weighted by atomic mass is 10.1. The van der Waals surface area contributed by atoms with Gasteiger partial charge in [0, 0.05) is 24.9 Å². The van der Waals surface area contributed by atoms with E-state index in [4.69, 9.17) is 22.3 Å². The van der Waals surface area contributed by atoms with Gasteiger partial charge in [-0.1, -0.05) is 0 Å². The minimum Gasteiger partial charge on any atom is -0.481 e. The zero-order valence-electron chi connectivity index (χ0n) is 19.1. The van der Waals surface area contributed by atoms with Crippen LogP contribution in [0.25, 0.3) is 0 Å². The first-order valence-corrected chi connectivity index (χ1v) is 10.5. The number of H-pyrrole nitrogens is 1. The molecule has 35 heavy (non-hydrogen) atoms. The number of aliphatic imine (C=N–C) groups is 1. The monoisotopic (exact) mass is 497 g/mol. The maximum absolute atomic E-state index is 12.8. The second kappa shape index (κ2) is 14.1. The minimum absolute atomic E-state index is 0.0417. The maximum Gasteiger partial charge on any atom is 0.326 e. The number of hydrogen-bond acceptors (Lipinski definition) is 8. The number of imidazole rings is 1. The van der Waals surface area contributed by atoms with Gasteiger partial charge >= 0.3 is 11.9 Å². The highest BCUT2D eigenvalue weighted by molar-refractivity contribution is 5.94. The highest BCUT2D eigenvalue weighted by atomic mass is 16.4. The highest BCUT2D eigenvalue weighted by Gasteiger charge is 2.29. The number of hydrogen-bond donors (Lipinski definition) is 9. The lowest BCUT2D eigenvalue weighted by Crippen LogP contribution is -2.56. The molecule has 16 nitrogen and oxygen atoms in total. The molecule has 0 spiro atoms. The van der Waals surface area contributed by atoms with Crippen LogP contribution >= 0.6 is 0 Å². The molecule has 194 valence electrons. The summed E-state index contributed by atoms with van der Waals surface area (Å²) in [6.45, 7) is 1.48. The lowest BCUT2D eigenvalue weighted by molar-refractivity contribution is -0.142. The summed E-state index contributed by atoms with van der Waals surface area (Å²) in [4.78, 5) is 70.1. The summed E-state index contributed by atoms with van der Waals surface area (Å²) >= 11 is 0. The van der Waals surface area contributed by atoms with Crippen LogP contribution < -0.4 is 33.2 Å². The van der Waals surface area contributed by atoms with Crippen LogP contribution in [0, 0.1) is 0 Å². The smallest absolute Gasteiger partial charge is 0.326 e. The number of aliphatic carboxylic acids is 2. The van der Waals surface area contributed by atoms with Crippen molar-refractivity contribution in [1.82, 2.24) is 25.9 Å². The van der Waals surface area contributed by atoms with Crippen LogP contribution in [0.4, 0.5) is 0 Å². The van der Waals surface area contributed by atoms with Crippen LogP contribution in [0.3, 0.4) is 0 Å². The Hall–Kier alpha value is -4.21. The number of carboxylic acids is 2. The van der Waals surface area contributed by atoms with Gasteiger partial charge in [-0.15, -0.1) is 0 Å². The Labute approximate surface area is 200 Å². The zero-order chi connectivity index (χ0) is 26.5. The molecule has 1 heterocycles. The number of carbonyl (C=O) groups is 5. The van der Waals surface area contributed by atoms with Gasteiger partial charge in [0.2, 0.25) is 17.7 Å². The normalized spacial score (nSPS) is 14.0. The molecule has 1 aromatic rings. The summed E-state index contributed by atoms with van der Waals surface area (Å²) in [5.41, 5.74) is 16.5. The molecule has 0 fully saturated rings. The van der Waals surface area contributed by atoms with E-state index >= 15 is 0 Å². The largest absolute Gasteiger partial charge is 0.481 e. The Morgan fingerprint density at radius 3 is 2.26 bits per heavy atom. The number of carboxylic acid groups (broad SMARTS) is 2. The summed E-state index contributed by atoms with van der Waals surface area (Å²) in [7, 11) is 0. The van der Waals surface area contributed by atoms with E-state index in [-0.39, 0.29) is 31.8 Å². The fourth-order valence-corrected chi connectivity index (χ4v) is 2.82. The van der Waals surface area contributed by atoms with E-state index in [0.29, 0.717) is 5.69 Å². The summed E-state index contributed by atoms with van der Waals surface area (Å²) in [5, 5.41) is 25.3. The number of nitrogens with zero attached hydrogens (tertiary/aromatic N) is 2. The van der Waals surface area contributed by atoms with Crippen molar-refractivity contribution in [1.29, 1.82) is 0 Å². The molecule has 0 aliphatic rings. The molecular weight excluding hydrogens is 466 g/mol. The molecule has 12 N–H and O–H groups in total. The van der Waals surface area contributed by atoms with Crippen molar-refractivity contribution >= 4 is 35.6 Å². The van der Waals surface area contributed by atoms with E-state index in [1.807, 2.05) is 0 Å². The summed E-state index contributed by atoms with van der Waals surface area (Å²) in [6.07, 6.45) is 2.36. The van der Waals surface area contributed by atoms with Crippen molar-refractivity contribution in [3.05, 3.63) is 18.2 Å². The van der Waals surface area contributed by atoms with Crippen LogP contribution in [0.15, 0.2) is 17.5 Å². The van der Waals surface area contributed by atoms with E-state index in [1.54, 1.807) is 0 Å². The molecule has 0 aliphatic carbocycles. The second-order valence-corrected chi connectivity index (χ2v) is 7.63. The van der Waals surface area contributed by atoms with Crippen molar-refractivity contribution in [2.75, 3.05) is 6.54 Å². The van der Waals surface area contributed by atoms with Crippen molar-refractivity contribution in [3.8, 4) is 0 Å². The molecule has 16 heteroatoms. The first kappa shape index (κ1) is 28.8. The van der Waals surface area contributed by atoms with Gasteiger partial charge in [0.1, 0.15) is 18.1 Å². The third-order valence-electron chi connectivity index (χ3n) is 4.66. The average Bonchev–Trinajstić information content (AvgIpc) is 3.27. The SMILES string of the molecule is CC(NC(=O)C(CCCN=C(N)N)NC(=O)C(N)CC(=O)O)C(=O)NC(Cc1cnc[nH]1)C(=O)O. The Bertz CT molecular complexity index is 916. The summed E-state index contributed by atoms with van der Waals surface area (Å²) in [6, 6.07) is -5.05. The molecular formula is C19H31N9O7. The van der Waals surface area contributed by atoms with Crippen molar-refractivity contribution in [2.24, 2.45) is 22.2 Å². The predicted molar refractivity (Wildman–Crippen MR) is 122 cm³/mol. The fourth-order valence-electron chi connectivity index (χ4n) is 2.82. The number of nitrogens with two attached hydrogens (primary N) is 3. The summed E-state index contributed by atoms with van der Waals surface area (Å²) < 4.78 is 0. The fraction of sp³-hybridized carbons (Fsp3) is 0.526. The predicted octanol–water partition coefficient (Wildman–Crippen LogP) is -3.63. The van der Waals surface area contributed by atoms with E-state index in [1.165, 1.54) is 19.4 Å². The number of rotatable bonds is 15. The maximum atomic E-state index is 12.8. The molecule has 0 saturated carbocycles. The topological polar surface area (TPSA) is 281 Å². The van der Waals surface area contributed by atoms with Crippen molar-refractivity contribution in [2.45, 2.75) is 56.8 Å². The molecule has 3 amide bonds. The van der Waals surface area contributed by atoms with E-state index in [2.05, 4.69) is 30.9 Å². The Kier molecular flexibility index (Phi) is 11.6. The van der Waals surface area contributed by atoms with Gasteiger partial charge in [-0.3, -0.25) is 24.2 Å². The first-order valence-electron chi connectivity index (χ1n) is 10.5. The third-order valence-corrected chi connectivity index (χ3v) is 4.66. The number of aromatic amines is 1. The van der Waals surface area contributed by atoms with Crippen molar-refractivity contribution < 1.29 is 34.2 Å². The minimum atomic E-state index is -1.40. The van der Waals surface area contributed by atoms with Crippen LogP contribution in [-0.4, -0.2) is 86.5 Å². The van der Waals surface area contributed by atoms with Crippen LogP contribution in [0.5, 0.6) is 0 Å². The zero-order valence-corrected chi connectivity index (χ0v) is 19.1. The Morgan fingerprint density at radius 1 is 1.06 bits per heavy atom.